The highest BCUT2D eigenvalue weighted by Crippen LogP contribution is 2.28. The van der Waals surface area contributed by atoms with E-state index >= 15 is 0 Å². The number of benzene rings is 1. The highest BCUT2D eigenvalue weighted by Gasteiger charge is 2.05. The van der Waals surface area contributed by atoms with Crippen LogP contribution < -0.4 is 4.74 Å². The zero-order valence-electron chi connectivity index (χ0n) is 10.3. The number of ether oxygens (including phenoxy) is 1. The van der Waals surface area contributed by atoms with Gasteiger partial charge in [0.25, 0.3) is 0 Å². The van der Waals surface area contributed by atoms with Gasteiger partial charge in [0.2, 0.25) is 5.88 Å². The number of hydrogen-bond acceptors (Lipinski definition) is 3. The maximum atomic E-state index is 8.93. The Balaban J connectivity index is 2.23. The quantitative estimate of drug-likeness (QED) is 0.919. The number of nitrogens with zero attached hydrogens (tertiary/aromatic N) is 1. The number of pyridine rings is 1. The molecule has 1 heterocycles. The number of aryl methyl sites for hydroxylation is 2. The van der Waals surface area contributed by atoms with Gasteiger partial charge in [-0.2, -0.15) is 0 Å². The third-order valence-corrected chi connectivity index (χ3v) is 3.21. The summed E-state index contributed by atoms with van der Waals surface area (Å²) in [5, 5.41) is 9.68. The zero-order chi connectivity index (χ0) is 13.1. The molecule has 1 aromatic carbocycles. The van der Waals surface area contributed by atoms with Gasteiger partial charge in [0, 0.05) is 17.3 Å². The molecular weight excluding hydrogens is 250 g/mol. The van der Waals surface area contributed by atoms with Crippen LogP contribution in [0.1, 0.15) is 16.7 Å². The molecule has 0 aliphatic carbocycles. The summed E-state index contributed by atoms with van der Waals surface area (Å²) >= 11 is 6.09. The van der Waals surface area contributed by atoms with Crippen molar-refractivity contribution < 1.29 is 9.84 Å². The van der Waals surface area contributed by atoms with Crippen LogP contribution in [0.2, 0.25) is 5.02 Å². The minimum atomic E-state index is -0.0214. The average molecular weight is 264 g/mol. The second-order valence-electron chi connectivity index (χ2n) is 4.14. The molecule has 1 N–H and O–H groups in total. The Morgan fingerprint density at radius 1 is 1.22 bits per heavy atom. The van der Waals surface area contributed by atoms with Crippen LogP contribution in [0, 0.1) is 13.8 Å². The van der Waals surface area contributed by atoms with Gasteiger partial charge in [0.05, 0.1) is 6.61 Å². The lowest BCUT2D eigenvalue weighted by atomic mass is 10.1. The van der Waals surface area contributed by atoms with Crippen LogP contribution in [0.4, 0.5) is 0 Å². The predicted octanol–water partition coefficient (Wildman–Crippen LogP) is 3.64. The van der Waals surface area contributed by atoms with Crippen molar-refractivity contribution in [3.05, 3.63) is 52.2 Å². The third kappa shape index (κ3) is 2.81. The second-order valence-corrected chi connectivity index (χ2v) is 4.51. The minimum Gasteiger partial charge on any atom is -0.439 e. The van der Waals surface area contributed by atoms with E-state index in [1.807, 2.05) is 26.0 Å². The van der Waals surface area contributed by atoms with E-state index < -0.39 is 0 Å². The Kier molecular flexibility index (Phi) is 3.84. The van der Waals surface area contributed by atoms with E-state index in [1.165, 1.54) is 0 Å². The molecule has 1 aromatic heterocycles. The molecule has 2 aromatic rings. The predicted molar refractivity (Wildman–Crippen MR) is 71.2 cm³/mol. The monoisotopic (exact) mass is 263 g/mol. The van der Waals surface area contributed by atoms with Crippen molar-refractivity contribution in [1.82, 2.24) is 4.98 Å². The lowest BCUT2D eigenvalue weighted by Gasteiger charge is -2.09. The Morgan fingerprint density at radius 3 is 2.39 bits per heavy atom. The smallest absolute Gasteiger partial charge is 0.219 e. The van der Waals surface area contributed by atoms with E-state index in [0.717, 1.165) is 21.7 Å². The molecule has 0 atom stereocenters. The molecule has 0 saturated heterocycles. The van der Waals surface area contributed by atoms with Crippen LogP contribution in [-0.4, -0.2) is 10.1 Å². The summed E-state index contributed by atoms with van der Waals surface area (Å²) < 4.78 is 5.64. The summed E-state index contributed by atoms with van der Waals surface area (Å²) in [6.07, 6.45) is 1.59. The average Bonchev–Trinajstić information content (AvgIpc) is 2.37. The molecular formula is C14H14ClNO2. The first-order valence-electron chi connectivity index (χ1n) is 5.60. The number of rotatable bonds is 3. The lowest BCUT2D eigenvalue weighted by Crippen LogP contribution is -1.92. The largest absolute Gasteiger partial charge is 0.439 e. The van der Waals surface area contributed by atoms with Crippen LogP contribution in [0.3, 0.4) is 0 Å². The second kappa shape index (κ2) is 5.38. The van der Waals surface area contributed by atoms with Crippen LogP contribution in [0.15, 0.2) is 30.5 Å². The minimum absolute atomic E-state index is 0.0214. The number of aliphatic hydroxyl groups excluding tert-OH is 1. The standard InChI is InChI=1S/C14H14ClNO2/c1-9-5-12(6-10(2)14(9)15)18-13-4-3-11(8-17)7-16-13/h3-7,17H,8H2,1-2H3. The van der Waals surface area contributed by atoms with Gasteiger partial charge in [-0.25, -0.2) is 4.98 Å². The Bertz CT molecular complexity index is 529. The van der Waals surface area contributed by atoms with Crippen LogP contribution >= 0.6 is 11.6 Å². The Hall–Kier alpha value is -1.58. The van der Waals surface area contributed by atoms with Crippen molar-refractivity contribution in [2.75, 3.05) is 0 Å². The zero-order valence-corrected chi connectivity index (χ0v) is 11.0. The fourth-order valence-electron chi connectivity index (χ4n) is 1.65. The SMILES string of the molecule is Cc1cc(Oc2ccc(CO)cn2)cc(C)c1Cl. The Morgan fingerprint density at radius 2 is 1.89 bits per heavy atom. The molecule has 0 unspecified atom stereocenters. The lowest BCUT2D eigenvalue weighted by molar-refractivity contribution is 0.281. The van der Waals surface area contributed by atoms with Crippen molar-refractivity contribution in [3.8, 4) is 11.6 Å². The van der Waals surface area contributed by atoms with E-state index in [2.05, 4.69) is 4.98 Å². The molecule has 94 valence electrons. The molecule has 3 nitrogen and oxygen atoms in total. The van der Waals surface area contributed by atoms with Gasteiger partial charge in [-0.3, -0.25) is 0 Å². The molecule has 0 aliphatic heterocycles. The molecule has 0 spiro atoms. The molecule has 0 amide bonds. The fraction of sp³-hybridized carbons (Fsp3) is 0.214. The molecule has 4 heteroatoms. The molecule has 0 saturated carbocycles. The van der Waals surface area contributed by atoms with Crippen LogP contribution in [0.5, 0.6) is 11.6 Å². The molecule has 0 radical (unpaired) electrons. The molecule has 2 rings (SSSR count). The van der Waals surface area contributed by atoms with E-state index in [0.29, 0.717) is 11.6 Å². The van der Waals surface area contributed by atoms with Crippen LogP contribution in [-0.2, 0) is 6.61 Å². The van der Waals surface area contributed by atoms with Gasteiger partial charge >= 0.3 is 0 Å². The first-order valence-corrected chi connectivity index (χ1v) is 5.98. The molecule has 0 bridgehead atoms. The highest BCUT2D eigenvalue weighted by molar-refractivity contribution is 6.32. The van der Waals surface area contributed by atoms with Gasteiger partial charge in [-0.05, 0) is 48.7 Å². The highest BCUT2D eigenvalue weighted by atomic mass is 35.5. The molecule has 0 aliphatic rings. The first kappa shape index (κ1) is 12.9. The van der Waals surface area contributed by atoms with Gasteiger partial charge in [-0.1, -0.05) is 11.6 Å². The normalized spacial score (nSPS) is 10.4. The van der Waals surface area contributed by atoms with Gasteiger partial charge in [0.15, 0.2) is 0 Å². The third-order valence-electron chi connectivity index (χ3n) is 2.61. The van der Waals surface area contributed by atoms with Gasteiger partial charge in [0.1, 0.15) is 5.75 Å². The van der Waals surface area contributed by atoms with Crippen molar-refractivity contribution in [2.45, 2.75) is 20.5 Å². The van der Waals surface area contributed by atoms with Crippen molar-refractivity contribution in [3.63, 3.8) is 0 Å². The summed E-state index contributed by atoms with van der Waals surface area (Å²) in [5.74, 6) is 1.20. The van der Waals surface area contributed by atoms with Crippen molar-refractivity contribution >= 4 is 11.6 Å². The maximum Gasteiger partial charge on any atom is 0.219 e. The summed E-state index contributed by atoms with van der Waals surface area (Å²) in [6.45, 7) is 3.85. The van der Waals surface area contributed by atoms with E-state index in [9.17, 15) is 0 Å². The van der Waals surface area contributed by atoms with Crippen molar-refractivity contribution in [2.24, 2.45) is 0 Å². The molecule has 18 heavy (non-hydrogen) atoms. The number of halogens is 1. The topological polar surface area (TPSA) is 42.4 Å². The summed E-state index contributed by atoms with van der Waals surface area (Å²) in [7, 11) is 0. The maximum absolute atomic E-state index is 8.93. The summed E-state index contributed by atoms with van der Waals surface area (Å²) in [6, 6.07) is 7.25. The number of aromatic nitrogens is 1. The molecule has 0 fully saturated rings. The van der Waals surface area contributed by atoms with Crippen molar-refractivity contribution in [1.29, 1.82) is 0 Å². The summed E-state index contributed by atoms with van der Waals surface area (Å²) in [5.41, 5.74) is 2.70. The first-order chi connectivity index (χ1) is 8.60. The number of hydrogen-bond donors (Lipinski definition) is 1. The van der Waals surface area contributed by atoms with Gasteiger partial charge < -0.3 is 9.84 Å². The number of aliphatic hydroxyl groups is 1. The van der Waals surface area contributed by atoms with E-state index in [1.54, 1.807) is 18.3 Å². The fourth-order valence-corrected chi connectivity index (χ4v) is 1.76. The van der Waals surface area contributed by atoms with E-state index in [4.69, 9.17) is 21.4 Å². The van der Waals surface area contributed by atoms with Gasteiger partial charge in [-0.15, -0.1) is 0 Å². The Labute approximate surface area is 111 Å². The van der Waals surface area contributed by atoms with E-state index in [-0.39, 0.29) is 6.61 Å². The van der Waals surface area contributed by atoms with Crippen LogP contribution in [0.25, 0.3) is 0 Å². The summed E-state index contributed by atoms with van der Waals surface area (Å²) in [4.78, 5) is 4.11.